The van der Waals surface area contributed by atoms with Crippen molar-refractivity contribution in [1.82, 2.24) is 0 Å². The lowest BCUT2D eigenvalue weighted by atomic mass is 9.99. The Labute approximate surface area is 102 Å². The first kappa shape index (κ1) is 13.6. The van der Waals surface area contributed by atoms with Crippen molar-refractivity contribution in [2.75, 3.05) is 0 Å². The van der Waals surface area contributed by atoms with Crippen LogP contribution in [-0.2, 0) is 16.0 Å². The van der Waals surface area contributed by atoms with E-state index in [4.69, 9.17) is 10.2 Å². The van der Waals surface area contributed by atoms with Gasteiger partial charge in [0.25, 0.3) is 5.69 Å². The lowest BCUT2D eigenvalue weighted by Crippen LogP contribution is -2.23. The number of rotatable bonds is 6. The van der Waals surface area contributed by atoms with E-state index < -0.39 is 22.8 Å². The number of nitrogens with zero attached hydrogens (tertiary/aromatic N) is 1. The normalized spacial score (nSPS) is 10.3. The maximum Gasteiger partial charge on any atom is 0.317 e. The van der Waals surface area contributed by atoms with E-state index in [-0.39, 0.29) is 18.5 Å². The van der Waals surface area contributed by atoms with Gasteiger partial charge in [-0.3, -0.25) is 19.7 Å². The van der Waals surface area contributed by atoms with Crippen LogP contribution in [0.15, 0.2) is 24.3 Å². The molecule has 96 valence electrons. The summed E-state index contributed by atoms with van der Waals surface area (Å²) in [5.41, 5.74) is 0.597. The van der Waals surface area contributed by atoms with Crippen LogP contribution in [0.3, 0.4) is 0 Å². The average molecular weight is 253 g/mol. The Bertz CT molecular complexity index is 453. The molecule has 0 aromatic heterocycles. The van der Waals surface area contributed by atoms with E-state index in [1.165, 1.54) is 24.3 Å². The number of benzene rings is 1. The summed E-state index contributed by atoms with van der Waals surface area (Å²) in [7, 11) is 0. The number of aliphatic carboxylic acids is 2. The summed E-state index contributed by atoms with van der Waals surface area (Å²) in [5, 5.41) is 27.7. The van der Waals surface area contributed by atoms with Crippen LogP contribution in [0.4, 0.5) is 5.69 Å². The number of carboxylic acids is 2. The molecule has 0 fully saturated rings. The monoisotopic (exact) mass is 253 g/mol. The lowest BCUT2D eigenvalue weighted by Gasteiger charge is -2.06. The molecule has 2 N–H and O–H groups in total. The molecule has 0 aliphatic carbocycles. The molecule has 1 rings (SSSR count). The molecule has 0 spiro atoms. The van der Waals surface area contributed by atoms with Crippen LogP contribution in [0.25, 0.3) is 0 Å². The summed E-state index contributed by atoms with van der Waals surface area (Å²) in [6, 6.07) is 5.57. The van der Waals surface area contributed by atoms with Crippen molar-refractivity contribution in [3.05, 3.63) is 39.9 Å². The predicted molar refractivity (Wildman–Crippen MR) is 60.2 cm³/mol. The minimum atomic E-state index is -1.46. The van der Waals surface area contributed by atoms with Crippen molar-refractivity contribution < 1.29 is 24.7 Å². The Morgan fingerprint density at radius 3 is 2.06 bits per heavy atom. The number of carboxylic acid groups (broad SMARTS) is 2. The highest BCUT2D eigenvalue weighted by Gasteiger charge is 2.25. The van der Waals surface area contributed by atoms with Gasteiger partial charge in [0.05, 0.1) is 4.92 Å². The molecule has 0 amide bonds. The molecule has 18 heavy (non-hydrogen) atoms. The third-order valence-corrected chi connectivity index (χ3v) is 2.47. The van der Waals surface area contributed by atoms with Gasteiger partial charge in [0, 0.05) is 12.1 Å². The van der Waals surface area contributed by atoms with E-state index in [1.54, 1.807) is 0 Å². The van der Waals surface area contributed by atoms with Gasteiger partial charge in [-0.25, -0.2) is 0 Å². The van der Waals surface area contributed by atoms with E-state index in [1.807, 2.05) is 0 Å². The second-order valence-corrected chi connectivity index (χ2v) is 3.69. The van der Waals surface area contributed by atoms with Crippen molar-refractivity contribution in [3.63, 3.8) is 0 Å². The van der Waals surface area contributed by atoms with Gasteiger partial charge in [0.2, 0.25) is 0 Å². The average Bonchev–Trinajstić information content (AvgIpc) is 2.28. The second kappa shape index (κ2) is 5.76. The van der Waals surface area contributed by atoms with Gasteiger partial charge in [0.1, 0.15) is 0 Å². The van der Waals surface area contributed by atoms with E-state index >= 15 is 0 Å². The highest BCUT2D eigenvalue weighted by molar-refractivity contribution is 5.92. The van der Waals surface area contributed by atoms with Crippen LogP contribution >= 0.6 is 0 Å². The van der Waals surface area contributed by atoms with Crippen molar-refractivity contribution in [1.29, 1.82) is 0 Å². The SMILES string of the molecule is O=C(O)C(CCc1ccc([N+](=O)[O-])cc1)C(=O)O. The first-order valence-corrected chi connectivity index (χ1v) is 5.10. The van der Waals surface area contributed by atoms with Crippen molar-refractivity contribution in [2.24, 2.45) is 5.92 Å². The van der Waals surface area contributed by atoms with Gasteiger partial charge in [-0.2, -0.15) is 0 Å². The number of nitro groups is 1. The first-order chi connectivity index (χ1) is 8.41. The van der Waals surface area contributed by atoms with Crippen molar-refractivity contribution in [2.45, 2.75) is 12.8 Å². The van der Waals surface area contributed by atoms with Gasteiger partial charge in [-0.05, 0) is 18.4 Å². The first-order valence-electron chi connectivity index (χ1n) is 5.10. The fraction of sp³-hybridized carbons (Fsp3) is 0.273. The minimum absolute atomic E-state index is 0.0531. The summed E-state index contributed by atoms with van der Waals surface area (Å²) < 4.78 is 0. The zero-order valence-electron chi connectivity index (χ0n) is 9.28. The van der Waals surface area contributed by atoms with Gasteiger partial charge in [-0.1, -0.05) is 12.1 Å². The van der Waals surface area contributed by atoms with Gasteiger partial charge >= 0.3 is 11.9 Å². The molecule has 1 aromatic carbocycles. The molecule has 0 atom stereocenters. The standard InChI is InChI=1S/C11H11NO6/c13-10(14)9(11(15)16)6-3-7-1-4-8(5-2-7)12(17)18/h1-2,4-5,9H,3,6H2,(H,13,14)(H,15,16). The molecular formula is C11H11NO6. The number of hydrogen-bond donors (Lipinski definition) is 2. The molecule has 7 heteroatoms. The maximum atomic E-state index is 10.6. The van der Waals surface area contributed by atoms with Gasteiger partial charge in [-0.15, -0.1) is 0 Å². The van der Waals surface area contributed by atoms with Crippen LogP contribution in [0, 0.1) is 16.0 Å². The Kier molecular flexibility index (Phi) is 4.36. The number of non-ortho nitro benzene ring substituents is 1. The van der Waals surface area contributed by atoms with Crippen LogP contribution < -0.4 is 0 Å². The molecular weight excluding hydrogens is 242 g/mol. The van der Waals surface area contributed by atoms with E-state index in [2.05, 4.69) is 0 Å². The zero-order valence-corrected chi connectivity index (χ0v) is 9.28. The lowest BCUT2D eigenvalue weighted by molar-refractivity contribution is -0.384. The third kappa shape index (κ3) is 3.55. The molecule has 0 saturated heterocycles. The van der Waals surface area contributed by atoms with Crippen LogP contribution in [0.1, 0.15) is 12.0 Å². The Balaban J connectivity index is 2.65. The summed E-state index contributed by atoms with van der Waals surface area (Å²) in [4.78, 5) is 31.1. The molecule has 0 unspecified atom stereocenters. The van der Waals surface area contributed by atoms with Crippen molar-refractivity contribution >= 4 is 17.6 Å². The Hall–Kier alpha value is -2.44. The highest BCUT2D eigenvalue weighted by Crippen LogP contribution is 2.15. The molecule has 0 bridgehead atoms. The van der Waals surface area contributed by atoms with Crippen molar-refractivity contribution in [3.8, 4) is 0 Å². The summed E-state index contributed by atoms with van der Waals surface area (Å²) in [6.45, 7) is 0. The fourth-order valence-corrected chi connectivity index (χ4v) is 1.45. The topological polar surface area (TPSA) is 118 Å². The molecule has 0 radical (unpaired) electrons. The molecule has 0 saturated carbocycles. The predicted octanol–water partition coefficient (Wildman–Crippen LogP) is 1.31. The van der Waals surface area contributed by atoms with E-state index in [9.17, 15) is 19.7 Å². The fourth-order valence-electron chi connectivity index (χ4n) is 1.45. The van der Waals surface area contributed by atoms with Crippen LogP contribution in [0.2, 0.25) is 0 Å². The number of aryl methyl sites for hydroxylation is 1. The zero-order chi connectivity index (χ0) is 13.7. The molecule has 0 heterocycles. The number of carbonyl (C=O) groups is 2. The van der Waals surface area contributed by atoms with E-state index in [0.29, 0.717) is 5.56 Å². The highest BCUT2D eigenvalue weighted by atomic mass is 16.6. The largest absolute Gasteiger partial charge is 0.481 e. The smallest absolute Gasteiger partial charge is 0.317 e. The van der Waals surface area contributed by atoms with Gasteiger partial charge in [0.15, 0.2) is 5.92 Å². The Morgan fingerprint density at radius 2 is 1.67 bits per heavy atom. The van der Waals surface area contributed by atoms with Gasteiger partial charge < -0.3 is 10.2 Å². The number of nitro benzene ring substituents is 1. The molecule has 0 aliphatic rings. The molecule has 7 nitrogen and oxygen atoms in total. The second-order valence-electron chi connectivity index (χ2n) is 3.69. The Morgan fingerprint density at radius 1 is 1.17 bits per heavy atom. The summed E-state index contributed by atoms with van der Waals surface area (Å²) >= 11 is 0. The summed E-state index contributed by atoms with van der Waals surface area (Å²) in [5.74, 6) is -4.23. The quantitative estimate of drug-likeness (QED) is 0.448. The van der Waals surface area contributed by atoms with Crippen LogP contribution in [0.5, 0.6) is 0 Å². The molecule has 1 aromatic rings. The molecule has 0 aliphatic heterocycles. The third-order valence-electron chi connectivity index (χ3n) is 2.47. The van der Waals surface area contributed by atoms with E-state index in [0.717, 1.165) is 0 Å². The summed E-state index contributed by atoms with van der Waals surface area (Å²) in [6.07, 6.45) is 0.184. The number of hydrogen-bond acceptors (Lipinski definition) is 4. The van der Waals surface area contributed by atoms with Crippen LogP contribution in [-0.4, -0.2) is 27.1 Å². The maximum absolute atomic E-state index is 10.6. The minimum Gasteiger partial charge on any atom is -0.481 e.